The molecular weight excluding hydrogens is 451 g/mol. The summed E-state index contributed by atoms with van der Waals surface area (Å²) in [6, 6.07) is 6.59. The van der Waals surface area contributed by atoms with Crippen molar-refractivity contribution in [3.63, 3.8) is 0 Å². The first-order valence-electron chi connectivity index (χ1n) is 9.38. The Morgan fingerprint density at radius 2 is 1.93 bits per heavy atom. The fourth-order valence-electron chi connectivity index (χ4n) is 3.06. The highest BCUT2D eigenvalue weighted by Crippen LogP contribution is 2.36. The number of ether oxygens (including phenoxy) is 1. The maximum atomic E-state index is 12.9. The van der Waals surface area contributed by atoms with Gasteiger partial charge in [0, 0.05) is 37.5 Å². The van der Waals surface area contributed by atoms with Crippen molar-refractivity contribution >= 4 is 39.2 Å². The predicted octanol–water partition coefficient (Wildman–Crippen LogP) is 3.73. The monoisotopic (exact) mass is 472 g/mol. The molecule has 162 valence electrons. The Labute approximate surface area is 185 Å². The van der Waals surface area contributed by atoms with Gasteiger partial charge in [-0.2, -0.15) is 4.31 Å². The zero-order valence-electron chi connectivity index (χ0n) is 16.5. The number of nitrogens with zero attached hydrogens (tertiary/aromatic N) is 2. The van der Waals surface area contributed by atoms with E-state index in [9.17, 15) is 18.3 Å². The molecule has 0 bridgehead atoms. The van der Waals surface area contributed by atoms with E-state index in [1.54, 1.807) is 18.3 Å². The summed E-state index contributed by atoms with van der Waals surface area (Å²) in [4.78, 5) is 15.4. The Hall–Kier alpha value is -1.71. The van der Waals surface area contributed by atoms with Gasteiger partial charge in [-0.25, -0.2) is 8.42 Å². The van der Waals surface area contributed by atoms with Crippen LogP contribution < -0.4 is 0 Å². The van der Waals surface area contributed by atoms with Crippen LogP contribution in [0.15, 0.2) is 35.4 Å². The third kappa shape index (κ3) is 5.12. The van der Waals surface area contributed by atoms with Crippen molar-refractivity contribution in [2.45, 2.75) is 30.8 Å². The molecule has 0 aliphatic carbocycles. The summed E-state index contributed by atoms with van der Waals surface area (Å²) in [7, 11) is -2.41. The zero-order chi connectivity index (χ0) is 22.1. The number of likely N-dealkylation sites (N-methyl/N-ethyl adjacent to an activating group) is 1. The van der Waals surface area contributed by atoms with E-state index < -0.39 is 21.9 Å². The van der Waals surface area contributed by atoms with Gasteiger partial charge in [0.05, 0.1) is 28.7 Å². The van der Waals surface area contributed by atoms with Gasteiger partial charge in [0.25, 0.3) is 0 Å². The van der Waals surface area contributed by atoms with Crippen LogP contribution >= 0.6 is 23.2 Å². The van der Waals surface area contributed by atoms with Gasteiger partial charge in [-0.1, -0.05) is 36.2 Å². The molecule has 30 heavy (non-hydrogen) atoms. The molecular formula is C20H22Cl2N2O5S. The molecule has 1 N–H and O–H groups in total. The number of pyridine rings is 1. The molecule has 1 fully saturated rings. The summed E-state index contributed by atoms with van der Waals surface area (Å²) >= 11 is 12.6. The maximum Gasteiger partial charge on any atom is 0.306 e. The molecule has 10 heteroatoms. The van der Waals surface area contributed by atoms with Crippen LogP contribution in [0.3, 0.4) is 0 Å². The Balaban J connectivity index is 1.85. The van der Waals surface area contributed by atoms with Crippen LogP contribution in [-0.4, -0.2) is 55.1 Å². The van der Waals surface area contributed by atoms with Crippen LogP contribution in [0.1, 0.15) is 19.0 Å². The second-order valence-corrected chi connectivity index (χ2v) is 9.99. The topological polar surface area (TPSA) is 100 Å². The van der Waals surface area contributed by atoms with Gasteiger partial charge in [0.1, 0.15) is 4.90 Å². The van der Waals surface area contributed by atoms with Gasteiger partial charge in [-0.05, 0) is 30.2 Å². The van der Waals surface area contributed by atoms with E-state index in [4.69, 9.17) is 27.9 Å². The molecule has 1 aromatic heterocycles. The molecule has 7 nitrogen and oxygen atoms in total. The Morgan fingerprint density at radius 1 is 1.30 bits per heavy atom. The molecule has 1 aliphatic heterocycles. The number of halogens is 2. The highest BCUT2D eigenvalue weighted by Gasteiger charge is 2.33. The minimum atomic E-state index is -3.87. The van der Waals surface area contributed by atoms with Crippen LogP contribution in [0.25, 0.3) is 11.1 Å². The number of aliphatic carboxylic acids is 1. The first-order valence-corrected chi connectivity index (χ1v) is 11.6. The molecule has 1 aliphatic rings. The average Bonchev–Trinajstić information content (AvgIpc) is 3.49. The number of epoxide rings is 1. The predicted molar refractivity (Wildman–Crippen MR) is 114 cm³/mol. The maximum absolute atomic E-state index is 12.9. The second-order valence-electron chi connectivity index (χ2n) is 7.20. The standard InChI is InChI=1S/C20H22Cl2N2O5S/c1-3-12(20(25)26)6-15-5-4-13(9-23-15)14-7-17(21)19(18(22)8-14)30(27,28)24(2)10-16-11-29-16/h4-5,7-9,12,16H,3,6,10-11H2,1-2H3,(H,25,26)/t12-,16?/m0/s1. The van der Waals surface area contributed by atoms with Crippen LogP contribution in [0.4, 0.5) is 0 Å². The second kappa shape index (κ2) is 9.20. The normalized spacial score (nSPS) is 17.2. The minimum Gasteiger partial charge on any atom is -0.481 e. The highest BCUT2D eigenvalue weighted by atomic mass is 35.5. The van der Waals surface area contributed by atoms with Crippen molar-refractivity contribution in [2.24, 2.45) is 5.92 Å². The molecule has 2 heterocycles. The SMILES string of the molecule is CC[C@@H](Cc1ccc(-c2cc(Cl)c(S(=O)(=O)N(C)CC3CO3)c(Cl)c2)cn1)C(=O)O. The summed E-state index contributed by atoms with van der Waals surface area (Å²) in [6.07, 6.45) is 2.35. The van der Waals surface area contributed by atoms with Gasteiger partial charge in [0.2, 0.25) is 10.0 Å². The molecule has 2 atom stereocenters. The van der Waals surface area contributed by atoms with Crippen molar-refractivity contribution < 1.29 is 23.1 Å². The van der Waals surface area contributed by atoms with E-state index in [1.807, 2.05) is 6.92 Å². The van der Waals surface area contributed by atoms with Gasteiger partial charge in [-0.15, -0.1) is 0 Å². The quantitative estimate of drug-likeness (QED) is 0.558. The Bertz CT molecular complexity index is 1020. The molecule has 0 amide bonds. The molecule has 1 aromatic carbocycles. The number of hydrogen-bond donors (Lipinski definition) is 1. The average molecular weight is 473 g/mol. The van der Waals surface area contributed by atoms with Crippen molar-refractivity contribution in [2.75, 3.05) is 20.2 Å². The third-order valence-electron chi connectivity index (χ3n) is 4.99. The smallest absolute Gasteiger partial charge is 0.306 e. The van der Waals surface area contributed by atoms with Crippen LogP contribution in [-0.2, 0) is 26.0 Å². The number of benzene rings is 1. The van der Waals surface area contributed by atoms with Gasteiger partial charge in [0.15, 0.2) is 0 Å². The van der Waals surface area contributed by atoms with Gasteiger partial charge < -0.3 is 9.84 Å². The molecule has 0 saturated carbocycles. The first kappa shape index (κ1) is 23.0. The van der Waals surface area contributed by atoms with Crippen molar-refractivity contribution in [1.29, 1.82) is 0 Å². The lowest BCUT2D eigenvalue weighted by Crippen LogP contribution is -2.31. The van der Waals surface area contributed by atoms with Gasteiger partial charge >= 0.3 is 5.97 Å². The third-order valence-corrected chi connectivity index (χ3v) is 7.73. The summed E-state index contributed by atoms with van der Waals surface area (Å²) in [5, 5.41) is 9.23. The molecule has 0 radical (unpaired) electrons. The number of carboxylic acids is 1. The Morgan fingerprint density at radius 3 is 2.40 bits per heavy atom. The van der Waals surface area contributed by atoms with Crippen molar-refractivity contribution in [3.8, 4) is 11.1 Å². The van der Waals surface area contributed by atoms with Crippen LogP contribution in [0.2, 0.25) is 10.0 Å². The molecule has 1 saturated heterocycles. The van der Waals surface area contributed by atoms with Crippen molar-refractivity contribution in [3.05, 3.63) is 46.2 Å². The van der Waals surface area contributed by atoms with E-state index in [-0.39, 0.29) is 27.6 Å². The van der Waals surface area contributed by atoms with E-state index >= 15 is 0 Å². The van der Waals surface area contributed by atoms with E-state index in [0.717, 1.165) is 0 Å². The lowest BCUT2D eigenvalue weighted by Gasteiger charge is -2.18. The summed E-state index contributed by atoms with van der Waals surface area (Å²) in [6.45, 7) is 2.59. The number of rotatable bonds is 9. The highest BCUT2D eigenvalue weighted by molar-refractivity contribution is 7.89. The lowest BCUT2D eigenvalue weighted by molar-refractivity contribution is -0.141. The number of carbonyl (C=O) groups is 1. The summed E-state index contributed by atoms with van der Waals surface area (Å²) in [5.74, 6) is -1.34. The van der Waals surface area contributed by atoms with E-state index in [0.29, 0.717) is 36.3 Å². The van der Waals surface area contributed by atoms with E-state index in [1.165, 1.54) is 23.5 Å². The van der Waals surface area contributed by atoms with Crippen LogP contribution in [0, 0.1) is 5.92 Å². The molecule has 2 aromatic rings. The number of carboxylic acid groups (broad SMARTS) is 1. The number of hydrogen-bond acceptors (Lipinski definition) is 5. The van der Waals surface area contributed by atoms with E-state index in [2.05, 4.69) is 4.98 Å². The zero-order valence-corrected chi connectivity index (χ0v) is 18.8. The minimum absolute atomic E-state index is 0.0158. The molecule has 3 rings (SSSR count). The Kier molecular flexibility index (Phi) is 7.04. The van der Waals surface area contributed by atoms with Gasteiger partial charge in [-0.3, -0.25) is 9.78 Å². The number of sulfonamides is 1. The fraction of sp³-hybridized carbons (Fsp3) is 0.400. The van der Waals surface area contributed by atoms with Crippen molar-refractivity contribution in [1.82, 2.24) is 9.29 Å². The largest absolute Gasteiger partial charge is 0.481 e. The summed E-state index contributed by atoms with van der Waals surface area (Å²) in [5.41, 5.74) is 1.96. The lowest BCUT2D eigenvalue weighted by atomic mass is 9.99. The number of aromatic nitrogens is 1. The molecule has 0 spiro atoms. The van der Waals surface area contributed by atoms with Crippen LogP contribution in [0.5, 0.6) is 0 Å². The summed E-state index contributed by atoms with van der Waals surface area (Å²) < 4.78 is 32.0. The fourth-order valence-corrected chi connectivity index (χ4v) is 5.42. The first-order chi connectivity index (χ1) is 14.1. The molecule has 1 unspecified atom stereocenters.